The average Bonchev–Trinajstić information content (AvgIpc) is 2.53. The molecule has 1 N–H and O–H groups in total. The standard InChI is InChI=1S/C16H22ClNO3/c1-2-18-16(11-3-5-19-6-4-11)12-9-14-15(10-13(12)17)21-8-7-20-14/h9-11,16,18H,2-8H2,1H3. The molecule has 0 aliphatic carbocycles. The van der Waals surface area contributed by atoms with Crippen LogP contribution >= 0.6 is 11.6 Å². The molecule has 4 nitrogen and oxygen atoms in total. The van der Waals surface area contributed by atoms with Gasteiger partial charge in [0.1, 0.15) is 13.2 Å². The Bertz CT molecular complexity index is 489. The van der Waals surface area contributed by atoms with E-state index >= 15 is 0 Å². The SMILES string of the molecule is CCNC(c1cc2c(cc1Cl)OCCO2)C1CCOCC1. The highest BCUT2D eigenvalue weighted by molar-refractivity contribution is 6.31. The average molecular weight is 312 g/mol. The number of benzene rings is 1. The zero-order chi connectivity index (χ0) is 14.7. The van der Waals surface area contributed by atoms with Crippen LogP contribution in [0.15, 0.2) is 12.1 Å². The summed E-state index contributed by atoms with van der Waals surface area (Å²) in [6.07, 6.45) is 2.12. The third kappa shape index (κ3) is 3.28. The quantitative estimate of drug-likeness (QED) is 0.927. The highest BCUT2D eigenvalue weighted by Crippen LogP contribution is 2.41. The molecular formula is C16H22ClNO3. The summed E-state index contributed by atoms with van der Waals surface area (Å²) in [6.45, 7) is 5.87. The van der Waals surface area contributed by atoms with E-state index in [2.05, 4.69) is 12.2 Å². The molecule has 2 aliphatic heterocycles. The van der Waals surface area contributed by atoms with E-state index in [1.807, 2.05) is 12.1 Å². The molecule has 1 unspecified atom stereocenters. The Morgan fingerprint density at radius 3 is 2.48 bits per heavy atom. The second-order valence-electron chi connectivity index (χ2n) is 5.50. The van der Waals surface area contributed by atoms with E-state index in [9.17, 15) is 0 Å². The fraction of sp³-hybridized carbons (Fsp3) is 0.625. The lowest BCUT2D eigenvalue weighted by Gasteiger charge is -2.32. The highest BCUT2D eigenvalue weighted by atomic mass is 35.5. The molecule has 1 saturated heterocycles. The van der Waals surface area contributed by atoms with Crippen molar-refractivity contribution in [1.82, 2.24) is 5.32 Å². The summed E-state index contributed by atoms with van der Waals surface area (Å²) in [6, 6.07) is 4.16. The van der Waals surface area contributed by atoms with Crippen molar-refractivity contribution in [3.63, 3.8) is 0 Å². The molecule has 0 bridgehead atoms. The van der Waals surface area contributed by atoms with Crippen molar-refractivity contribution in [3.05, 3.63) is 22.7 Å². The van der Waals surface area contributed by atoms with Crippen LogP contribution in [-0.4, -0.2) is 33.0 Å². The third-order valence-electron chi connectivity index (χ3n) is 4.16. The van der Waals surface area contributed by atoms with E-state index in [1.54, 1.807) is 0 Å². The van der Waals surface area contributed by atoms with Crippen molar-refractivity contribution in [1.29, 1.82) is 0 Å². The second-order valence-corrected chi connectivity index (χ2v) is 5.91. The number of halogens is 1. The van der Waals surface area contributed by atoms with E-state index in [0.29, 0.717) is 19.1 Å². The number of rotatable bonds is 4. The van der Waals surface area contributed by atoms with Gasteiger partial charge in [-0.1, -0.05) is 18.5 Å². The lowest BCUT2D eigenvalue weighted by molar-refractivity contribution is 0.0537. The van der Waals surface area contributed by atoms with Gasteiger partial charge in [-0.15, -0.1) is 0 Å². The van der Waals surface area contributed by atoms with Crippen LogP contribution in [0.2, 0.25) is 5.02 Å². The van der Waals surface area contributed by atoms with E-state index in [1.165, 1.54) is 0 Å². The maximum Gasteiger partial charge on any atom is 0.162 e. The van der Waals surface area contributed by atoms with E-state index < -0.39 is 0 Å². The molecule has 1 aromatic rings. The maximum atomic E-state index is 6.50. The number of nitrogens with one attached hydrogen (secondary N) is 1. The molecule has 0 aromatic heterocycles. The molecule has 0 saturated carbocycles. The summed E-state index contributed by atoms with van der Waals surface area (Å²) in [5, 5.41) is 4.33. The summed E-state index contributed by atoms with van der Waals surface area (Å²) < 4.78 is 16.8. The molecule has 5 heteroatoms. The van der Waals surface area contributed by atoms with Crippen molar-refractivity contribution in [3.8, 4) is 11.5 Å². The van der Waals surface area contributed by atoms with Crippen molar-refractivity contribution < 1.29 is 14.2 Å². The minimum atomic E-state index is 0.238. The summed E-state index contributed by atoms with van der Waals surface area (Å²) in [4.78, 5) is 0. The van der Waals surface area contributed by atoms with Crippen molar-refractivity contribution in [2.75, 3.05) is 33.0 Å². The van der Waals surface area contributed by atoms with E-state index in [-0.39, 0.29) is 6.04 Å². The minimum absolute atomic E-state index is 0.238. The van der Waals surface area contributed by atoms with E-state index in [4.69, 9.17) is 25.8 Å². The van der Waals surface area contributed by atoms with Gasteiger partial charge in [-0.05, 0) is 36.9 Å². The molecule has 0 amide bonds. The molecule has 1 fully saturated rings. The molecule has 1 atom stereocenters. The van der Waals surface area contributed by atoms with E-state index in [0.717, 1.165) is 54.7 Å². The highest BCUT2D eigenvalue weighted by Gasteiger charge is 2.28. The van der Waals surface area contributed by atoms with Crippen LogP contribution in [0.3, 0.4) is 0 Å². The lowest BCUT2D eigenvalue weighted by atomic mass is 9.86. The van der Waals surface area contributed by atoms with Gasteiger partial charge in [0.05, 0.1) is 0 Å². The Labute approximate surface area is 130 Å². The smallest absolute Gasteiger partial charge is 0.162 e. The Kier molecular flexibility index (Phi) is 4.88. The van der Waals surface area contributed by atoms with Gasteiger partial charge in [0.25, 0.3) is 0 Å². The Balaban J connectivity index is 1.90. The summed E-state index contributed by atoms with van der Waals surface area (Å²) in [5.74, 6) is 2.09. The molecule has 2 heterocycles. The van der Waals surface area contributed by atoms with Crippen LogP contribution < -0.4 is 14.8 Å². The molecule has 0 spiro atoms. The zero-order valence-electron chi connectivity index (χ0n) is 12.4. The van der Waals surface area contributed by atoms with Gasteiger partial charge in [-0.2, -0.15) is 0 Å². The summed E-state index contributed by atoms with van der Waals surface area (Å²) in [7, 11) is 0. The first-order valence-corrected chi connectivity index (χ1v) is 8.07. The molecular weight excluding hydrogens is 290 g/mol. The fourth-order valence-electron chi connectivity index (χ4n) is 3.12. The Morgan fingerprint density at radius 1 is 1.14 bits per heavy atom. The lowest BCUT2D eigenvalue weighted by Crippen LogP contribution is -2.32. The van der Waals surface area contributed by atoms with Crippen LogP contribution in [0.4, 0.5) is 0 Å². The van der Waals surface area contributed by atoms with Crippen molar-refractivity contribution in [2.45, 2.75) is 25.8 Å². The Hall–Kier alpha value is -0.970. The van der Waals surface area contributed by atoms with Gasteiger partial charge in [0.2, 0.25) is 0 Å². The molecule has 21 heavy (non-hydrogen) atoms. The second kappa shape index (κ2) is 6.86. The fourth-order valence-corrected chi connectivity index (χ4v) is 3.39. The van der Waals surface area contributed by atoms with Gasteiger partial charge in [-0.25, -0.2) is 0 Å². The number of hydrogen-bond acceptors (Lipinski definition) is 4. The van der Waals surface area contributed by atoms with Gasteiger partial charge >= 0.3 is 0 Å². The van der Waals surface area contributed by atoms with Gasteiger partial charge in [-0.3, -0.25) is 0 Å². The summed E-state index contributed by atoms with van der Waals surface area (Å²) >= 11 is 6.50. The molecule has 1 aromatic carbocycles. The van der Waals surface area contributed by atoms with Gasteiger partial charge in [0, 0.05) is 30.3 Å². The predicted molar refractivity (Wildman–Crippen MR) is 82.4 cm³/mol. The Morgan fingerprint density at radius 2 is 1.81 bits per heavy atom. The number of hydrogen-bond donors (Lipinski definition) is 1. The first kappa shape index (κ1) is 14.9. The minimum Gasteiger partial charge on any atom is -0.486 e. The topological polar surface area (TPSA) is 39.7 Å². The normalized spacial score (nSPS) is 20.3. The largest absolute Gasteiger partial charge is 0.486 e. The third-order valence-corrected chi connectivity index (χ3v) is 4.49. The van der Waals surface area contributed by atoms with Crippen molar-refractivity contribution in [2.24, 2.45) is 5.92 Å². The molecule has 3 rings (SSSR count). The van der Waals surface area contributed by atoms with Crippen LogP contribution in [0.5, 0.6) is 11.5 Å². The first-order valence-electron chi connectivity index (χ1n) is 7.69. The summed E-state index contributed by atoms with van der Waals surface area (Å²) in [5.41, 5.74) is 1.11. The predicted octanol–water partition coefficient (Wildman–Crippen LogP) is 3.19. The maximum absolute atomic E-state index is 6.50. The molecule has 116 valence electrons. The van der Waals surface area contributed by atoms with Crippen LogP contribution in [0, 0.1) is 5.92 Å². The van der Waals surface area contributed by atoms with Crippen LogP contribution in [0.25, 0.3) is 0 Å². The van der Waals surface area contributed by atoms with Gasteiger partial charge < -0.3 is 19.5 Å². The monoisotopic (exact) mass is 311 g/mol. The van der Waals surface area contributed by atoms with Crippen LogP contribution in [0.1, 0.15) is 31.4 Å². The molecule has 2 aliphatic rings. The van der Waals surface area contributed by atoms with Crippen LogP contribution in [-0.2, 0) is 4.74 Å². The van der Waals surface area contributed by atoms with Gasteiger partial charge in [0.15, 0.2) is 11.5 Å². The zero-order valence-corrected chi connectivity index (χ0v) is 13.1. The number of ether oxygens (including phenoxy) is 3. The number of fused-ring (bicyclic) bond motifs is 1. The molecule has 0 radical (unpaired) electrons. The van der Waals surface area contributed by atoms with Crippen molar-refractivity contribution >= 4 is 11.6 Å². The first-order chi connectivity index (χ1) is 10.3.